The van der Waals surface area contributed by atoms with Gasteiger partial charge in [0.25, 0.3) is 0 Å². The van der Waals surface area contributed by atoms with Gasteiger partial charge in [0.2, 0.25) is 17.6 Å². The van der Waals surface area contributed by atoms with Crippen molar-refractivity contribution in [3.8, 4) is 11.4 Å². The number of aryl methyl sites for hydroxylation is 1. The number of aromatic nitrogens is 2. The van der Waals surface area contributed by atoms with E-state index in [9.17, 15) is 4.79 Å². The number of carbonyl (C=O) groups excluding carboxylic acids is 1. The summed E-state index contributed by atoms with van der Waals surface area (Å²) in [4.78, 5) is 16.7. The number of carbonyl (C=O) groups is 1. The van der Waals surface area contributed by atoms with Crippen LogP contribution in [0.4, 0.5) is 0 Å². The molecule has 2 aromatic rings. The number of hydrogen-bond acceptors (Lipinski definition) is 5. The van der Waals surface area contributed by atoms with E-state index in [-0.39, 0.29) is 11.4 Å². The maximum Gasteiger partial charge on any atom is 0.227 e. The van der Waals surface area contributed by atoms with Crippen molar-refractivity contribution in [1.82, 2.24) is 15.5 Å². The maximum atomic E-state index is 12.3. The summed E-state index contributed by atoms with van der Waals surface area (Å²) in [6.45, 7) is 4.82. The fourth-order valence-corrected chi connectivity index (χ4v) is 3.50. The minimum atomic E-state index is -0.213. The molecule has 1 aliphatic carbocycles. The molecule has 0 spiro atoms. The van der Waals surface area contributed by atoms with E-state index in [0.29, 0.717) is 37.0 Å². The normalized spacial score (nSPS) is 16.2. The third-order valence-electron chi connectivity index (χ3n) is 5.23. The second-order valence-electron chi connectivity index (χ2n) is 7.53. The Morgan fingerprint density at radius 3 is 2.58 bits per heavy atom. The summed E-state index contributed by atoms with van der Waals surface area (Å²) >= 11 is 0. The Balaban J connectivity index is 1.56. The summed E-state index contributed by atoms with van der Waals surface area (Å²) in [6, 6.07) is 8.16. The summed E-state index contributed by atoms with van der Waals surface area (Å²) in [6.07, 6.45) is 4.94. The highest BCUT2D eigenvalue weighted by atomic mass is 16.5. The lowest BCUT2D eigenvalue weighted by atomic mass is 9.97. The number of amides is 1. The molecule has 0 bridgehead atoms. The summed E-state index contributed by atoms with van der Waals surface area (Å²) < 4.78 is 5.30. The van der Waals surface area contributed by atoms with Gasteiger partial charge in [-0.05, 0) is 24.3 Å². The first-order valence-corrected chi connectivity index (χ1v) is 9.45. The molecule has 6 nitrogen and oxygen atoms in total. The lowest BCUT2D eigenvalue weighted by Gasteiger charge is -2.28. The molecule has 1 aromatic carbocycles. The van der Waals surface area contributed by atoms with Crippen molar-refractivity contribution in [2.24, 2.45) is 5.73 Å². The highest BCUT2D eigenvalue weighted by Crippen LogP contribution is 2.28. The molecule has 3 rings (SSSR count). The minimum Gasteiger partial charge on any atom is -0.349 e. The Bertz CT molecular complexity index is 731. The summed E-state index contributed by atoms with van der Waals surface area (Å²) in [5.74, 6) is 1.53. The molecule has 1 saturated carbocycles. The molecule has 0 unspecified atom stereocenters. The van der Waals surface area contributed by atoms with E-state index < -0.39 is 0 Å². The molecule has 1 aliphatic rings. The molecule has 3 N–H and O–H groups in total. The summed E-state index contributed by atoms with van der Waals surface area (Å²) in [7, 11) is 0. The van der Waals surface area contributed by atoms with Crippen LogP contribution in [0.2, 0.25) is 0 Å². The molecule has 26 heavy (non-hydrogen) atoms. The van der Waals surface area contributed by atoms with Gasteiger partial charge in [0.05, 0.1) is 5.54 Å². The van der Waals surface area contributed by atoms with Crippen molar-refractivity contribution >= 4 is 5.91 Å². The molecule has 0 aliphatic heterocycles. The van der Waals surface area contributed by atoms with E-state index in [0.717, 1.165) is 31.2 Å². The Labute approximate surface area is 154 Å². The van der Waals surface area contributed by atoms with E-state index in [1.165, 1.54) is 5.56 Å². The molecule has 0 atom stereocenters. The van der Waals surface area contributed by atoms with Gasteiger partial charge in [-0.1, -0.05) is 56.1 Å². The zero-order valence-corrected chi connectivity index (χ0v) is 15.6. The van der Waals surface area contributed by atoms with Crippen LogP contribution in [-0.4, -0.2) is 28.1 Å². The van der Waals surface area contributed by atoms with Crippen LogP contribution >= 0.6 is 0 Å². The van der Waals surface area contributed by atoms with Crippen molar-refractivity contribution < 1.29 is 9.32 Å². The van der Waals surface area contributed by atoms with Gasteiger partial charge in [-0.3, -0.25) is 4.79 Å². The SMILES string of the molecule is CC(C)c1ccc(-c2noc(CCC(=O)NC3(CN)CCCC3)n2)cc1. The van der Waals surface area contributed by atoms with E-state index in [2.05, 4.69) is 41.4 Å². The van der Waals surface area contributed by atoms with Crippen molar-refractivity contribution in [3.63, 3.8) is 0 Å². The number of nitrogens with one attached hydrogen (secondary N) is 1. The van der Waals surface area contributed by atoms with Crippen LogP contribution in [0.1, 0.15) is 63.3 Å². The molecular weight excluding hydrogens is 328 g/mol. The molecular formula is C20H28N4O2. The monoisotopic (exact) mass is 356 g/mol. The van der Waals surface area contributed by atoms with E-state index in [1.54, 1.807) is 0 Å². The fraction of sp³-hybridized carbons (Fsp3) is 0.550. The summed E-state index contributed by atoms with van der Waals surface area (Å²) in [5, 5.41) is 7.15. The van der Waals surface area contributed by atoms with Crippen LogP contribution in [0.3, 0.4) is 0 Å². The van der Waals surface area contributed by atoms with Crippen molar-refractivity contribution in [3.05, 3.63) is 35.7 Å². The Morgan fingerprint density at radius 1 is 1.27 bits per heavy atom. The van der Waals surface area contributed by atoms with Crippen LogP contribution < -0.4 is 11.1 Å². The standard InChI is InChI=1S/C20H28N4O2/c1-14(2)15-5-7-16(8-6-15)19-22-18(26-24-19)10-9-17(25)23-20(13-21)11-3-4-12-20/h5-8,14H,3-4,9-13,21H2,1-2H3,(H,23,25). The number of nitrogens with zero attached hydrogens (tertiary/aromatic N) is 2. The maximum absolute atomic E-state index is 12.3. The Hall–Kier alpha value is -2.21. The lowest BCUT2D eigenvalue weighted by molar-refractivity contribution is -0.123. The van der Waals surface area contributed by atoms with Gasteiger partial charge in [-0.2, -0.15) is 4.98 Å². The van der Waals surface area contributed by atoms with Crippen LogP contribution in [0.25, 0.3) is 11.4 Å². The molecule has 1 fully saturated rings. The highest BCUT2D eigenvalue weighted by molar-refractivity contribution is 5.77. The van der Waals surface area contributed by atoms with Crippen LogP contribution in [0.5, 0.6) is 0 Å². The van der Waals surface area contributed by atoms with Gasteiger partial charge in [-0.25, -0.2) is 0 Å². The third-order valence-corrected chi connectivity index (χ3v) is 5.23. The number of rotatable bonds is 7. The first-order valence-electron chi connectivity index (χ1n) is 9.45. The van der Waals surface area contributed by atoms with Gasteiger partial charge in [0.15, 0.2) is 0 Å². The largest absolute Gasteiger partial charge is 0.349 e. The zero-order valence-electron chi connectivity index (χ0n) is 15.6. The Kier molecular flexibility index (Phi) is 5.71. The van der Waals surface area contributed by atoms with Crippen LogP contribution in [-0.2, 0) is 11.2 Å². The average Bonchev–Trinajstić information content (AvgIpc) is 3.30. The molecule has 1 heterocycles. The van der Waals surface area contributed by atoms with Crippen LogP contribution in [0.15, 0.2) is 28.8 Å². The van der Waals surface area contributed by atoms with Gasteiger partial charge in [-0.15, -0.1) is 0 Å². The van der Waals surface area contributed by atoms with E-state index in [1.807, 2.05) is 12.1 Å². The Morgan fingerprint density at radius 2 is 1.96 bits per heavy atom. The van der Waals surface area contributed by atoms with Gasteiger partial charge >= 0.3 is 0 Å². The van der Waals surface area contributed by atoms with Gasteiger partial charge in [0.1, 0.15) is 0 Å². The second-order valence-corrected chi connectivity index (χ2v) is 7.53. The van der Waals surface area contributed by atoms with E-state index in [4.69, 9.17) is 10.3 Å². The quantitative estimate of drug-likeness (QED) is 0.794. The smallest absolute Gasteiger partial charge is 0.227 e. The molecule has 0 saturated heterocycles. The highest BCUT2D eigenvalue weighted by Gasteiger charge is 2.33. The van der Waals surface area contributed by atoms with Crippen molar-refractivity contribution in [1.29, 1.82) is 0 Å². The van der Waals surface area contributed by atoms with Gasteiger partial charge in [0, 0.05) is 24.9 Å². The fourth-order valence-electron chi connectivity index (χ4n) is 3.50. The minimum absolute atomic E-state index is 0.00149. The third kappa shape index (κ3) is 4.30. The second kappa shape index (κ2) is 7.99. The van der Waals surface area contributed by atoms with Crippen LogP contribution in [0, 0.1) is 0 Å². The number of hydrogen-bond donors (Lipinski definition) is 2. The van der Waals surface area contributed by atoms with Crippen molar-refractivity contribution in [2.45, 2.75) is 63.8 Å². The number of benzene rings is 1. The predicted octanol–water partition coefficient (Wildman–Crippen LogP) is 3.18. The predicted molar refractivity (Wildman–Crippen MR) is 101 cm³/mol. The molecule has 6 heteroatoms. The molecule has 1 aromatic heterocycles. The average molecular weight is 356 g/mol. The lowest BCUT2D eigenvalue weighted by Crippen LogP contribution is -2.51. The van der Waals surface area contributed by atoms with Crippen molar-refractivity contribution in [2.75, 3.05) is 6.54 Å². The first-order chi connectivity index (χ1) is 12.5. The molecule has 1 amide bonds. The number of nitrogens with two attached hydrogens (primary N) is 1. The molecule has 0 radical (unpaired) electrons. The van der Waals surface area contributed by atoms with E-state index >= 15 is 0 Å². The first kappa shape index (κ1) is 18.6. The zero-order chi connectivity index (χ0) is 18.6. The summed E-state index contributed by atoms with van der Waals surface area (Å²) in [5.41, 5.74) is 7.84. The topological polar surface area (TPSA) is 94.0 Å². The molecule has 140 valence electrons. The van der Waals surface area contributed by atoms with Gasteiger partial charge < -0.3 is 15.6 Å².